The molecular formula is C7H7N3S2. The Morgan fingerprint density at radius 2 is 2.00 bits per heavy atom. The summed E-state index contributed by atoms with van der Waals surface area (Å²) in [5.41, 5.74) is 2.01. The van der Waals surface area contributed by atoms with Crippen molar-refractivity contribution in [2.75, 3.05) is 0 Å². The Morgan fingerprint density at radius 1 is 1.25 bits per heavy atom. The van der Waals surface area contributed by atoms with E-state index in [1.165, 1.54) is 11.9 Å². The monoisotopic (exact) mass is 197 g/mol. The average Bonchev–Trinajstić information content (AvgIpc) is 2.43. The van der Waals surface area contributed by atoms with Gasteiger partial charge in [-0.15, -0.1) is 0 Å². The minimum Gasteiger partial charge on any atom is -0.331 e. The Balaban J connectivity index is 2.74. The number of rotatable bonds is 1. The smallest absolute Gasteiger partial charge is 0.175 e. The molecule has 0 aliphatic rings. The highest BCUT2D eigenvalue weighted by molar-refractivity contribution is 7.97. The van der Waals surface area contributed by atoms with E-state index in [0.29, 0.717) is 4.77 Å². The van der Waals surface area contributed by atoms with Gasteiger partial charge in [-0.1, -0.05) is 0 Å². The maximum atomic E-state index is 5.41. The summed E-state index contributed by atoms with van der Waals surface area (Å²) in [6.07, 6.45) is 0. The molecule has 1 heterocycles. The molecule has 2 rings (SSSR count). The zero-order valence-corrected chi connectivity index (χ0v) is 7.76. The van der Waals surface area contributed by atoms with Crippen molar-refractivity contribution in [3.8, 4) is 0 Å². The van der Waals surface area contributed by atoms with Crippen LogP contribution in [0.3, 0.4) is 0 Å². The molecule has 4 N–H and O–H groups in total. The van der Waals surface area contributed by atoms with E-state index in [1.807, 2.05) is 18.2 Å². The lowest BCUT2D eigenvalue weighted by atomic mass is 10.3. The van der Waals surface area contributed by atoms with Crippen molar-refractivity contribution in [3.05, 3.63) is 23.0 Å². The van der Waals surface area contributed by atoms with Gasteiger partial charge in [-0.05, 0) is 42.4 Å². The molecule has 0 atom stereocenters. The highest BCUT2D eigenvalue weighted by atomic mass is 32.2. The molecule has 2 aromatic rings. The molecule has 0 saturated carbocycles. The third-order valence-corrected chi connectivity index (χ3v) is 2.35. The number of aromatic amines is 2. The quantitative estimate of drug-likeness (QED) is 0.485. The van der Waals surface area contributed by atoms with Gasteiger partial charge >= 0.3 is 0 Å². The van der Waals surface area contributed by atoms with Gasteiger partial charge in [-0.3, -0.25) is 5.14 Å². The van der Waals surface area contributed by atoms with E-state index < -0.39 is 0 Å². The highest BCUT2D eigenvalue weighted by Gasteiger charge is 1.96. The van der Waals surface area contributed by atoms with Gasteiger partial charge in [-0.2, -0.15) is 0 Å². The Kier molecular flexibility index (Phi) is 1.92. The molecule has 0 spiro atoms. The Hall–Kier alpha value is -0.780. The number of hydrogen-bond donors (Lipinski definition) is 3. The summed E-state index contributed by atoms with van der Waals surface area (Å²) >= 11 is 6.17. The fourth-order valence-corrected chi connectivity index (χ4v) is 1.64. The first-order chi connectivity index (χ1) is 5.79. The Morgan fingerprint density at radius 3 is 2.75 bits per heavy atom. The van der Waals surface area contributed by atoms with Gasteiger partial charge in [0.25, 0.3) is 0 Å². The second-order valence-corrected chi connectivity index (χ2v) is 3.52. The SMILES string of the molecule is NSc1ccc2[nH]c(=S)[nH]c2c1. The lowest BCUT2D eigenvalue weighted by Gasteiger charge is -1.93. The molecule has 0 aliphatic heterocycles. The van der Waals surface area contributed by atoms with E-state index in [4.69, 9.17) is 17.4 Å². The predicted octanol–water partition coefficient (Wildman–Crippen LogP) is 2.19. The number of hydrogen-bond acceptors (Lipinski definition) is 3. The van der Waals surface area contributed by atoms with E-state index in [-0.39, 0.29) is 0 Å². The minimum absolute atomic E-state index is 0.643. The lowest BCUT2D eigenvalue weighted by molar-refractivity contribution is 1.30. The maximum Gasteiger partial charge on any atom is 0.175 e. The molecule has 0 fully saturated rings. The van der Waals surface area contributed by atoms with Crippen LogP contribution >= 0.6 is 24.2 Å². The number of fused-ring (bicyclic) bond motifs is 1. The van der Waals surface area contributed by atoms with Crippen molar-refractivity contribution in [3.63, 3.8) is 0 Å². The van der Waals surface area contributed by atoms with Crippen LogP contribution < -0.4 is 5.14 Å². The van der Waals surface area contributed by atoms with E-state index >= 15 is 0 Å². The molecule has 0 saturated heterocycles. The van der Waals surface area contributed by atoms with Crippen molar-refractivity contribution in [2.24, 2.45) is 5.14 Å². The van der Waals surface area contributed by atoms with Crippen LogP contribution in [0.4, 0.5) is 0 Å². The fraction of sp³-hybridized carbons (Fsp3) is 0. The third-order valence-electron chi connectivity index (χ3n) is 1.62. The van der Waals surface area contributed by atoms with Gasteiger partial charge in [0.05, 0.1) is 11.0 Å². The van der Waals surface area contributed by atoms with Crippen LogP contribution in [0.15, 0.2) is 23.1 Å². The first-order valence-electron chi connectivity index (χ1n) is 3.38. The van der Waals surface area contributed by atoms with Crippen molar-refractivity contribution < 1.29 is 0 Å². The summed E-state index contributed by atoms with van der Waals surface area (Å²) in [7, 11) is 0. The van der Waals surface area contributed by atoms with Gasteiger partial charge in [0.1, 0.15) is 0 Å². The molecule has 5 heteroatoms. The third kappa shape index (κ3) is 1.26. The van der Waals surface area contributed by atoms with Crippen LogP contribution in [0.5, 0.6) is 0 Å². The van der Waals surface area contributed by atoms with Crippen LogP contribution in [0.25, 0.3) is 11.0 Å². The molecule has 0 unspecified atom stereocenters. The van der Waals surface area contributed by atoms with Gasteiger partial charge in [0.2, 0.25) is 0 Å². The van der Waals surface area contributed by atoms with Gasteiger partial charge in [0, 0.05) is 4.90 Å². The Labute approximate surface area is 78.5 Å². The van der Waals surface area contributed by atoms with Crippen molar-refractivity contribution >= 4 is 35.2 Å². The minimum atomic E-state index is 0.643. The van der Waals surface area contributed by atoms with Gasteiger partial charge in [-0.25, -0.2) is 0 Å². The summed E-state index contributed by atoms with van der Waals surface area (Å²) in [6, 6.07) is 5.87. The van der Waals surface area contributed by atoms with Crippen LogP contribution in [0.1, 0.15) is 0 Å². The van der Waals surface area contributed by atoms with Crippen LogP contribution in [-0.2, 0) is 0 Å². The molecule has 0 aliphatic carbocycles. The summed E-state index contributed by atoms with van der Waals surface area (Å²) in [5, 5.41) is 5.41. The highest BCUT2D eigenvalue weighted by Crippen LogP contribution is 2.17. The van der Waals surface area contributed by atoms with E-state index in [2.05, 4.69) is 9.97 Å². The Bertz CT molecular complexity index is 457. The number of aromatic nitrogens is 2. The second-order valence-electron chi connectivity index (χ2n) is 2.40. The standard InChI is InChI=1S/C7H7N3S2/c8-12-4-1-2-5-6(3-4)10-7(11)9-5/h1-3H,8H2,(H2,9,10,11). The van der Waals surface area contributed by atoms with Gasteiger partial charge in [0.15, 0.2) is 4.77 Å². The number of nitrogens with one attached hydrogen (secondary N) is 2. The number of H-pyrrole nitrogens is 2. The van der Waals surface area contributed by atoms with Gasteiger partial charge < -0.3 is 9.97 Å². The summed E-state index contributed by atoms with van der Waals surface area (Å²) in [5.74, 6) is 0. The van der Waals surface area contributed by atoms with Crippen LogP contribution in [-0.4, -0.2) is 9.97 Å². The first-order valence-corrected chi connectivity index (χ1v) is 4.67. The molecule has 0 amide bonds. The second kappa shape index (κ2) is 2.93. The zero-order chi connectivity index (χ0) is 8.55. The van der Waals surface area contributed by atoms with Crippen LogP contribution in [0, 0.1) is 4.77 Å². The summed E-state index contributed by atoms with van der Waals surface area (Å²) < 4.78 is 0.643. The summed E-state index contributed by atoms with van der Waals surface area (Å²) in [4.78, 5) is 7.06. The number of benzene rings is 1. The van der Waals surface area contributed by atoms with Crippen molar-refractivity contribution in [1.29, 1.82) is 0 Å². The molecule has 0 radical (unpaired) electrons. The van der Waals surface area contributed by atoms with Crippen molar-refractivity contribution in [2.45, 2.75) is 4.90 Å². The molecule has 1 aromatic heterocycles. The fourth-order valence-electron chi connectivity index (χ4n) is 1.08. The summed E-state index contributed by atoms with van der Waals surface area (Å²) in [6.45, 7) is 0. The molecule has 12 heavy (non-hydrogen) atoms. The van der Waals surface area contributed by atoms with Crippen LogP contribution in [0.2, 0.25) is 0 Å². The van der Waals surface area contributed by atoms with E-state index in [9.17, 15) is 0 Å². The maximum absolute atomic E-state index is 5.41. The largest absolute Gasteiger partial charge is 0.331 e. The number of nitrogens with two attached hydrogens (primary N) is 1. The zero-order valence-electron chi connectivity index (χ0n) is 6.13. The average molecular weight is 197 g/mol. The van der Waals surface area contributed by atoms with E-state index in [0.717, 1.165) is 15.9 Å². The normalized spacial score (nSPS) is 10.8. The van der Waals surface area contributed by atoms with Crippen molar-refractivity contribution in [1.82, 2.24) is 9.97 Å². The molecule has 62 valence electrons. The molecule has 1 aromatic carbocycles. The molecule has 3 nitrogen and oxygen atoms in total. The number of imidazole rings is 1. The molecular weight excluding hydrogens is 190 g/mol. The predicted molar refractivity (Wildman–Crippen MR) is 53.5 cm³/mol. The first kappa shape index (κ1) is 7.85. The topological polar surface area (TPSA) is 57.6 Å². The lowest BCUT2D eigenvalue weighted by Crippen LogP contribution is -1.78. The molecule has 0 bridgehead atoms. The van der Waals surface area contributed by atoms with E-state index in [1.54, 1.807) is 0 Å².